The smallest absolute Gasteiger partial charge is 0.272 e. The first kappa shape index (κ1) is 18.0. The molecule has 0 atom stereocenters. The number of hydrogen-bond acceptors (Lipinski definition) is 5. The number of thiophene rings is 1. The molecule has 3 heterocycles. The van der Waals surface area contributed by atoms with Crippen molar-refractivity contribution in [3.63, 3.8) is 0 Å². The summed E-state index contributed by atoms with van der Waals surface area (Å²) in [6, 6.07) is 9.44. The molecular formula is C19H19ClN4O2S. The Bertz CT molecular complexity index is 887. The van der Waals surface area contributed by atoms with E-state index < -0.39 is 0 Å². The Morgan fingerprint density at radius 3 is 2.81 bits per heavy atom. The van der Waals surface area contributed by atoms with Crippen molar-refractivity contribution < 1.29 is 9.53 Å². The molecule has 3 aromatic rings. The van der Waals surface area contributed by atoms with Crippen LogP contribution < -0.4 is 10.1 Å². The van der Waals surface area contributed by atoms with Crippen molar-refractivity contribution in [2.45, 2.75) is 37.8 Å². The molecule has 1 amide bonds. The minimum absolute atomic E-state index is 0.114. The van der Waals surface area contributed by atoms with Crippen LogP contribution in [0.25, 0.3) is 10.6 Å². The van der Waals surface area contributed by atoms with E-state index in [4.69, 9.17) is 16.3 Å². The molecule has 1 aliphatic rings. The minimum atomic E-state index is -0.141. The fourth-order valence-corrected chi connectivity index (χ4v) is 3.99. The number of carbonyl (C=O) groups is 1. The summed E-state index contributed by atoms with van der Waals surface area (Å²) in [4.78, 5) is 17.7. The molecule has 0 radical (unpaired) electrons. The molecule has 1 aliphatic carbocycles. The second-order valence-electron chi connectivity index (χ2n) is 6.52. The van der Waals surface area contributed by atoms with Crippen molar-refractivity contribution >= 4 is 28.8 Å². The van der Waals surface area contributed by atoms with E-state index in [1.165, 1.54) is 0 Å². The van der Waals surface area contributed by atoms with Crippen molar-refractivity contribution in [3.8, 4) is 16.5 Å². The van der Waals surface area contributed by atoms with E-state index in [9.17, 15) is 4.79 Å². The monoisotopic (exact) mass is 402 g/mol. The van der Waals surface area contributed by atoms with Crippen molar-refractivity contribution in [2.24, 2.45) is 0 Å². The maximum Gasteiger partial charge on any atom is 0.272 e. The molecule has 0 spiro atoms. The van der Waals surface area contributed by atoms with Gasteiger partial charge in [-0.1, -0.05) is 17.7 Å². The van der Waals surface area contributed by atoms with Crippen LogP contribution in [-0.4, -0.2) is 33.2 Å². The Morgan fingerprint density at radius 2 is 2.11 bits per heavy atom. The Hall–Kier alpha value is -2.38. The number of aromatic nitrogens is 3. The fourth-order valence-electron chi connectivity index (χ4n) is 3.18. The molecule has 0 unspecified atom stereocenters. The second-order valence-corrected chi connectivity index (χ2v) is 7.91. The number of halogens is 1. The SMILES string of the molecule is O=C(NC1CCC(Oc2ccc(Cl)cn2)CC1)c1cc(-c2cccs2)[nH]n1. The summed E-state index contributed by atoms with van der Waals surface area (Å²) in [7, 11) is 0. The average molecular weight is 403 g/mol. The first-order chi connectivity index (χ1) is 13.2. The van der Waals surface area contributed by atoms with E-state index in [-0.39, 0.29) is 18.1 Å². The summed E-state index contributed by atoms with van der Waals surface area (Å²) in [5, 5.41) is 12.7. The van der Waals surface area contributed by atoms with Gasteiger partial charge in [-0.15, -0.1) is 11.3 Å². The van der Waals surface area contributed by atoms with Gasteiger partial charge < -0.3 is 10.1 Å². The van der Waals surface area contributed by atoms with Gasteiger partial charge in [0, 0.05) is 18.3 Å². The fraction of sp³-hybridized carbons (Fsp3) is 0.316. The topological polar surface area (TPSA) is 79.9 Å². The molecular weight excluding hydrogens is 384 g/mol. The van der Waals surface area contributed by atoms with Crippen LogP contribution in [0.15, 0.2) is 41.9 Å². The van der Waals surface area contributed by atoms with Gasteiger partial charge in [-0.05, 0) is 49.3 Å². The lowest BCUT2D eigenvalue weighted by atomic mass is 9.93. The molecule has 3 aromatic heterocycles. The molecule has 27 heavy (non-hydrogen) atoms. The molecule has 0 aliphatic heterocycles. The Labute approximate surface area is 165 Å². The summed E-state index contributed by atoms with van der Waals surface area (Å²) >= 11 is 7.45. The third-order valence-electron chi connectivity index (χ3n) is 4.59. The molecule has 6 nitrogen and oxygen atoms in total. The van der Waals surface area contributed by atoms with Gasteiger partial charge in [-0.25, -0.2) is 4.98 Å². The van der Waals surface area contributed by atoms with Crippen LogP contribution in [-0.2, 0) is 0 Å². The summed E-state index contributed by atoms with van der Waals surface area (Å²) in [6.45, 7) is 0. The van der Waals surface area contributed by atoms with Gasteiger partial charge in [0.25, 0.3) is 5.91 Å². The predicted octanol–water partition coefficient (Wildman–Crippen LogP) is 4.31. The van der Waals surface area contributed by atoms with Gasteiger partial charge >= 0.3 is 0 Å². The van der Waals surface area contributed by atoms with Gasteiger partial charge in [0.1, 0.15) is 6.10 Å². The van der Waals surface area contributed by atoms with Crippen LogP contribution in [0.5, 0.6) is 5.88 Å². The van der Waals surface area contributed by atoms with E-state index in [0.29, 0.717) is 16.6 Å². The number of rotatable bonds is 5. The number of nitrogens with one attached hydrogen (secondary N) is 2. The first-order valence-corrected chi connectivity index (χ1v) is 10.1. The van der Waals surface area contributed by atoms with E-state index >= 15 is 0 Å². The van der Waals surface area contributed by atoms with E-state index in [1.807, 2.05) is 17.5 Å². The summed E-state index contributed by atoms with van der Waals surface area (Å²) in [5.74, 6) is 0.447. The average Bonchev–Trinajstić information content (AvgIpc) is 3.36. The number of H-pyrrole nitrogens is 1. The van der Waals surface area contributed by atoms with Crippen LogP contribution in [0.1, 0.15) is 36.2 Å². The van der Waals surface area contributed by atoms with Gasteiger partial charge in [-0.3, -0.25) is 9.89 Å². The Morgan fingerprint density at radius 1 is 1.26 bits per heavy atom. The van der Waals surface area contributed by atoms with E-state index in [1.54, 1.807) is 35.7 Å². The van der Waals surface area contributed by atoms with Gasteiger partial charge in [0.15, 0.2) is 5.69 Å². The number of amides is 1. The van der Waals surface area contributed by atoms with Crippen LogP contribution in [0.4, 0.5) is 0 Å². The zero-order valence-corrected chi connectivity index (χ0v) is 16.1. The number of nitrogens with zero attached hydrogens (tertiary/aromatic N) is 2. The lowest BCUT2D eigenvalue weighted by Crippen LogP contribution is -2.39. The highest BCUT2D eigenvalue weighted by Crippen LogP contribution is 2.25. The van der Waals surface area contributed by atoms with Crippen molar-refractivity contribution in [1.82, 2.24) is 20.5 Å². The standard InChI is InChI=1S/C19H19ClN4O2S/c20-12-3-8-18(21-11-12)26-14-6-4-13(5-7-14)22-19(25)16-10-15(23-24-16)17-2-1-9-27-17/h1-3,8-11,13-14H,4-7H2,(H,22,25)(H,23,24). The lowest BCUT2D eigenvalue weighted by molar-refractivity contribution is 0.0885. The molecule has 0 aromatic carbocycles. The molecule has 2 N–H and O–H groups in total. The zero-order chi connectivity index (χ0) is 18.6. The highest BCUT2D eigenvalue weighted by atomic mass is 35.5. The number of pyridine rings is 1. The number of carbonyl (C=O) groups excluding carboxylic acids is 1. The molecule has 0 saturated heterocycles. The number of aromatic amines is 1. The van der Waals surface area contributed by atoms with Crippen molar-refractivity contribution in [3.05, 3.63) is 52.6 Å². The molecule has 0 bridgehead atoms. The molecule has 1 fully saturated rings. The molecule has 1 saturated carbocycles. The zero-order valence-electron chi connectivity index (χ0n) is 14.5. The molecule has 140 valence electrons. The van der Waals surface area contributed by atoms with Crippen LogP contribution in [0.3, 0.4) is 0 Å². The number of hydrogen-bond donors (Lipinski definition) is 2. The second kappa shape index (κ2) is 8.10. The quantitative estimate of drug-likeness (QED) is 0.666. The minimum Gasteiger partial charge on any atom is -0.474 e. The largest absolute Gasteiger partial charge is 0.474 e. The molecule has 4 rings (SSSR count). The normalized spacial score (nSPS) is 19.6. The predicted molar refractivity (Wildman–Crippen MR) is 105 cm³/mol. The summed E-state index contributed by atoms with van der Waals surface area (Å²) in [6.07, 6.45) is 5.17. The highest BCUT2D eigenvalue weighted by Gasteiger charge is 2.25. The van der Waals surface area contributed by atoms with Crippen molar-refractivity contribution in [2.75, 3.05) is 0 Å². The van der Waals surface area contributed by atoms with Gasteiger partial charge in [-0.2, -0.15) is 5.10 Å². The molecule has 8 heteroatoms. The Balaban J connectivity index is 1.27. The third-order valence-corrected chi connectivity index (χ3v) is 5.72. The van der Waals surface area contributed by atoms with Crippen LogP contribution in [0.2, 0.25) is 5.02 Å². The lowest BCUT2D eigenvalue weighted by Gasteiger charge is -2.29. The maximum atomic E-state index is 12.5. The van der Waals surface area contributed by atoms with Crippen LogP contribution in [0, 0.1) is 0 Å². The highest BCUT2D eigenvalue weighted by molar-refractivity contribution is 7.13. The number of ether oxygens (including phenoxy) is 1. The van der Waals surface area contributed by atoms with Gasteiger partial charge in [0.2, 0.25) is 5.88 Å². The summed E-state index contributed by atoms with van der Waals surface area (Å²) in [5.41, 5.74) is 1.28. The van der Waals surface area contributed by atoms with E-state index in [2.05, 4.69) is 20.5 Å². The van der Waals surface area contributed by atoms with Crippen molar-refractivity contribution in [1.29, 1.82) is 0 Å². The first-order valence-electron chi connectivity index (χ1n) is 8.86. The third kappa shape index (κ3) is 4.48. The van der Waals surface area contributed by atoms with Gasteiger partial charge in [0.05, 0.1) is 15.6 Å². The maximum absolute atomic E-state index is 12.5. The Kier molecular flexibility index (Phi) is 5.40. The summed E-state index contributed by atoms with van der Waals surface area (Å²) < 4.78 is 5.89. The van der Waals surface area contributed by atoms with E-state index in [0.717, 1.165) is 36.3 Å². The van der Waals surface area contributed by atoms with Crippen LogP contribution >= 0.6 is 22.9 Å².